The summed E-state index contributed by atoms with van der Waals surface area (Å²) >= 11 is 0. The predicted molar refractivity (Wildman–Crippen MR) is 103 cm³/mol. The van der Waals surface area contributed by atoms with Crippen LogP contribution >= 0.6 is 0 Å². The molecule has 0 radical (unpaired) electrons. The molecule has 3 rings (SSSR count). The minimum atomic E-state index is -0.178. The van der Waals surface area contributed by atoms with Crippen LogP contribution in [0.25, 0.3) is 0 Å². The number of benzene rings is 2. The Morgan fingerprint density at radius 3 is 2.00 bits per heavy atom. The van der Waals surface area contributed by atoms with Crippen molar-refractivity contribution in [3.8, 4) is 0 Å². The number of hydrogen-bond acceptors (Lipinski definition) is 4. The molecule has 0 fully saturated rings. The molecule has 1 aliphatic heterocycles. The van der Waals surface area contributed by atoms with Crippen LogP contribution in [0.5, 0.6) is 0 Å². The molecule has 5 heteroatoms. The van der Waals surface area contributed by atoms with Crippen molar-refractivity contribution in [2.75, 3.05) is 26.4 Å². The molecule has 0 aromatic heterocycles. The van der Waals surface area contributed by atoms with Gasteiger partial charge in [0.15, 0.2) is 0 Å². The van der Waals surface area contributed by atoms with Crippen LogP contribution in [0, 0.1) is 0 Å². The van der Waals surface area contributed by atoms with Crippen LogP contribution in [0.4, 0.5) is 0 Å². The molecule has 1 heterocycles. The molecular weight excluding hydrogens is 342 g/mol. The lowest BCUT2D eigenvalue weighted by Gasteiger charge is -2.13. The van der Waals surface area contributed by atoms with Crippen molar-refractivity contribution in [1.82, 2.24) is 4.90 Å². The summed E-state index contributed by atoms with van der Waals surface area (Å²) in [5, 5.41) is 0. The molecule has 142 valence electrons. The minimum absolute atomic E-state index is 0.178. The van der Waals surface area contributed by atoms with E-state index in [9.17, 15) is 9.59 Å². The molecule has 2 aromatic carbocycles. The summed E-state index contributed by atoms with van der Waals surface area (Å²) in [6.07, 6.45) is 2.61. The summed E-state index contributed by atoms with van der Waals surface area (Å²) in [6, 6.07) is 17.1. The summed E-state index contributed by atoms with van der Waals surface area (Å²) in [5.41, 5.74) is 2.19. The zero-order valence-corrected chi connectivity index (χ0v) is 15.4. The van der Waals surface area contributed by atoms with Crippen LogP contribution in [0.3, 0.4) is 0 Å². The van der Waals surface area contributed by atoms with Crippen LogP contribution in [0.15, 0.2) is 54.6 Å². The fraction of sp³-hybridized carbons (Fsp3) is 0.364. The smallest absolute Gasteiger partial charge is 0.261 e. The Morgan fingerprint density at radius 2 is 1.30 bits per heavy atom. The highest BCUT2D eigenvalue weighted by atomic mass is 16.5. The van der Waals surface area contributed by atoms with E-state index in [1.54, 1.807) is 24.3 Å². The predicted octanol–water partition coefficient (Wildman–Crippen LogP) is 3.69. The third-order valence-corrected chi connectivity index (χ3v) is 4.53. The lowest BCUT2D eigenvalue weighted by molar-refractivity contribution is 0.0390. The minimum Gasteiger partial charge on any atom is -0.379 e. The molecule has 2 amide bonds. The number of imide groups is 1. The van der Waals surface area contributed by atoms with E-state index in [-0.39, 0.29) is 11.8 Å². The fourth-order valence-electron chi connectivity index (χ4n) is 3.08. The Bertz CT molecular complexity index is 725. The maximum Gasteiger partial charge on any atom is 0.261 e. The Morgan fingerprint density at radius 1 is 0.667 bits per heavy atom. The van der Waals surface area contributed by atoms with E-state index in [1.807, 2.05) is 30.3 Å². The molecule has 0 unspecified atom stereocenters. The van der Waals surface area contributed by atoms with Gasteiger partial charge >= 0.3 is 0 Å². The van der Waals surface area contributed by atoms with Gasteiger partial charge in [0.25, 0.3) is 11.8 Å². The maximum atomic E-state index is 12.2. The number of carbonyl (C=O) groups is 2. The van der Waals surface area contributed by atoms with Gasteiger partial charge in [0.1, 0.15) is 0 Å². The fourth-order valence-corrected chi connectivity index (χ4v) is 3.08. The van der Waals surface area contributed by atoms with E-state index >= 15 is 0 Å². The van der Waals surface area contributed by atoms with E-state index in [0.29, 0.717) is 44.1 Å². The van der Waals surface area contributed by atoms with Crippen LogP contribution in [0.1, 0.15) is 45.5 Å². The van der Waals surface area contributed by atoms with Crippen LogP contribution in [-0.2, 0) is 16.1 Å². The van der Waals surface area contributed by atoms with Gasteiger partial charge in [-0.25, -0.2) is 0 Å². The second-order valence-corrected chi connectivity index (χ2v) is 6.52. The van der Waals surface area contributed by atoms with E-state index in [4.69, 9.17) is 9.47 Å². The zero-order chi connectivity index (χ0) is 18.9. The number of rotatable bonds is 11. The van der Waals surface area contributed by atoms with Gasteiger partial charge in [-0.2, -0.15) is 0 Å². The van der Waals surface area contributed by atoms with E-state index in [0.717, 1.165) is 24.8 Å². The first-order chi connectivity index (χ1) is 13.3. The largest absolute Gasteiger partial charge is 0.379 e. The van der Waals surface area contributed by atoms with Crippen LogP contribution in [-0.4, -0.2) is 43.1 Å². The molecule has 2 aromatic rings. The van der Waals surface area contributed by atoms with Crippen LogP contribution in [0.2, 0.25) is 0 Å². The standard InChI is InChI=1S/C22H25NO4/c24-21-19-11-5-6-12-20(19)22(25)23(21)13-7-2-8-14-26-15-16-27-17-18-9-3-1-4-10-18/h1,3-6,9-12H,2,7-8,13-17H2. The van der Waals surface area contributed by atoms with Crippen molar-refractivity contribution in [3.05, 3.63) is 71.3 Å². The molecule has 0 aliphatic carbocycles. The van der Waals surface area contributed by atoms with E-state index < -0.39 is 0 Å². The molecule has 1 aliphatic rings. The second-order valence-electron chi connectivity index (χ2n) is 6.52. The molecular formula is C22H25NO4. The van der Waals surface area contributed by atoms with Crippen molar-refractivity contribution in [1.29, 1.82) is 0 Å². The van der Waals surface area contributed by atoms with Crippen molar-refractivity contribution in [3.63, 3.8) is 0 Å². The first-order valence-corrected chi connectivity index (χ1v) is 9.42. The van der Waals surface area contributed by atoms with Gasteiger partial charge in [-0.1, -0.05) is 42.5 Å². The molecule has 0 saturated heterocycles. The summed E-state index contributed by atoms with van der Waals surface area (Å²) < 4.78 is 11.1. The molecule has 0 N–H and O–H groups in total. The molecule has 0 bridgehead atoms. The number of hydrogen-bond donors (Lipinski definition) is 0. The van der Waals surface area contributed by atoms with Gasteiger partial charge in [0.2, 0.25) is 0 Å². The van der Waals surface area contributed by atoms with Gasteiger partial charge in [0.05, 0.1) is 30.9 Å². The van der Waals surface area contributed by atoms with E-state index in [1.165, 1.54) is 4.90 Å². The van der Waals surface area contributed by atoms with E-state index in [2.05, 4.69) is 0 Å². The molecule has 0 atom stereocenters. The Balaban J connectivity index is 1.21. The summed E-state index contributed by atoms with van der Waals surface area (Å²) in [4.78, 5) is 25.8. The average molecular weight is 367 g/mol. The lowest BCUT2D eigenvalue weighted by atomic mass is 10.1. The van der Waals surface area contributed by atoms with Gasteiger partial charge in [0, 0.05) is 13.2 Å². The Labute approximate surface area is 159 Å². The number of amides is 2. The van der Waals surface area contributed by atoms with Gasteiger partial charge in [-0.05, 0) is 37.0 Å². The normalized spacial score (nSPS) is 13.3. The molecule has 27 heavy (non-hydrogen) atoms. The molecule has 5 nitrogen and oxygen atoms in total. The number of ether oxygens (including phenoxy) is 2. The number of unbranched alkanes of at least 4 members (excludes halogenated alkanes) is 2. The van der Waals surface area contributed by atoms with Gasteiger partial charge in [-0.3, -0.25) is 14.5 Å². The first kappa shape index (κ1) is 19.3. The summed E-state index contributed by atoms with van der Waals surface area (Å²) in [6.45, 7) is 2.88. The first-order valence-electron chi connectivity index (χ1n) is 9.42. The monoisotopic (exact) mass is 367 g/mol. The summed E-state index contributed by atoms with van der Waals surface area (Å²) in [7, 11) is 0. The number of fused-ring (bicyclic) bond motifs is 1. The van der Waals surface area contributed by atoms with Gasteiger partial charge < -0.3 is 9.47 Å². The zero-order valence-electron chi connectivity index (χ0n) is 15.4. The number of nitrogens with zero attached hydrogens (tertiary/aromatic N) is 1. The highest BCUT2D eigenvalue weighted by Gasteiger charge is 2.34. The average Bonchev–Trinajstić information content (AvgIpc) is 2.95. The van der Waals surface area contributed by atoms with Crippen molar-refractivity contribution >= 4 is 11.8 Å². The molecule has 0 spiro atoms. The topological polar surface area (TPSA) is 55.8 Å². The Hall–Kier alpha value is -2.50. The third kappa shape index (κ3) is 5.25. The third-order valence-electron chi connectivity index (χ3n) is 4.53. The second kappa shape index (κ2) is 10.00. The SMILES string of the molecule is O=C1c2ccccc2C(=O)N1CCCCCOCCOCc1ccccc1. The number of carbonyl (C=O) groups excluding carboxylic acids is 2. The van der Waals surface area contributed by atoms with Crippen molar-refractivity contribution in [2.45, 2.75) is 25.9 Å². The van der Waals surface area contributed by atoms with Crippen molar-refractivity contribution < 1.29 is 19.1 Å². The highest BCUT2D eigenvalue weighted by Crippen LogP contribution is 2.22. The quantitative estimate of drug-likeness (QED) is 0.449. The lowest BCUT2D eigenvalue weighted by Crippen LogP contribution is -2.30. The maximum absolute atomic E-state index is 12.2. The summed E-state index contributed by atoms with van der Waals surface area (Å²) in [5.74, 6) is -0.357. The Kier molecular flexibility index (Phi) is 7.13. The van der Waals surface area contributed by atoms with Gasteiger partial charge in [-0.15, -0.1) is 0 Å². The molecule has 0 saturated carbocycles. The van der Waals surface area contributed by atoms with Crippen LogP contribution < -0.4 is 0 Å². The van der Waals surface area contributed by atoms with Crippen molar-refractivity contribution in [2.24, 2.45) is 0 Å². The highest BCUT2D eigenvalue weighted by molar-refractivity contribution is 6.21.